The molecule has 0 radical (unpaired) electrons. The molecule has 108 valence electrons. The third-order valence-electron chi connectivity index (χ3n) is 3.49. The van der Waals surface area contributed by atoms with E-state index in [1.807, 2.05) is 13.0 Å². The molecular weight excluding hydrogens is 290 g/mol. The third-order valence-corrected chi connectivity index (χ3v) is 4.67. The summed E-state index contributed by atoms with van der Waals surface area (Å²) in [7, 11) is 0. The van der Waals surface area contributed by atoms with E-state index in [2.05, 4.69) is 5.43 Å². The minimum Gasteiger partial charge on any atom is -0.271 e. The first-order valence-electron chi connectivity index (χ1n) is 6.49. The number of benzene rings is 2. The number of hydrogen-bond donors (Lipinski definition) is 2. The van der Waals surface area contributed by atoms with Crippen molar-refractivity contribution in [3.8, 4) is 0 Å². The molecular formula is C16H14F2N2S. The summed E-state index contributed by atoms with van der Waals surface area (Å²) in [5, 5.41) is 0.843. The number of halogens is 2. The maximum atomic E-state index is 13.3. The Hall–Kier alpha value is -1.82. The van der Waals surface area contributed by atoms with E-state index in [0.29, 0.717) is 0 Å². The third kappa shape index (κ3) is 2.68. The van der Waals surface area contributed by atoms with Crippen molar-refractivity contribution in [3.63, 3.8) is 0 Å². The van der Waals surface area contributed by atoms with Crippen LogP contribution < -0.4 is 11.3 Å². The van der Waals surface area contributed by atoms with Crippen LogP contribution >= 0.6 is 11.3 Å². The summed E-state index contributed by atoms with van der Waals surface area (Å²) < 4.78 is 27.5. The van der Waals surface area contributed by atoms with Gasteiger partial charge in [0.2, 0.25) is 0 Å². The van der Waals surface area contributed by atoms with Gasteiger partial charge in [0.05, 0.1) is 6.04 Å². The lowest BCUT2D eigenvalue weighted by molar-refractivity contribution is 0.615. The first-order valence-corrected chi connectivity index (χ1v) is 7.31. The highest BCUT2D eigenvalue weighted by molar-refractivity contribution is 7.19. The Labute approximate surface area is 125 Å². The predicted octanol–water partition coefficient (Wildman–Crippen LogP) is 4.04. The van der Waals surface area contributed by atoms with Crippen molar-refractivity contribution in [1.82, 2.24) is 5.43 Å². The Kier molecular flexibility index (Phi) is 3.71. The summed E-state index contributed by atoms with van der Waals surface area (Å²) >= 11 is 1.54. The van der Waals surface area contributed by atoms with Gasteiger partial charge in [-0.15, -0.1) is 11.3 Å². The molecule has 2 aromatic carbocycles. The maximum Gasteiger partial charge on any atom is 0.123 e. The van der Waals surface area contributed by atoms with Crippen molar-refractivity contribution in [2.75, 3.05) is 0 Å². The Bertz CT molecular complexity index is 798. The van der Waals surface area contributed by atoms with Crippen molar-refractivity contribution in [2.24, 2.45) is 5.84 Å². The van der Waals surface area contributed by atoms with Crippen LogP contribution in [0.4, 0.5) is 8.78 Å². The number of fused-ring (bicyclic) bond motifs is 1. The summed E-state index contributed by atoms with van der Waals surface area (Å²) in [6, 6.07) is 11.0. The molecule has 0 aliphatic rings. The maximum absolute atomic E-state index is 13.3. The average molecular weight is 304 g/mol. The Morgan fingerprint density at radius 3 is 2.48 bits per heavy atom. The molecule has 5 heteroatoms. The van der Waals surface area contributed by atoms with Gasteiger partial charge in [0.25, 0.3) is 0 Å². The zero-order valence-electron chi connectivity index (χ0n) is 11.4. The molecule has 2 nitrogen and oxygen atoms in total. The first-order chi connectivity index (χ1) is 10.1. The van der Waals surface area contributed by atoms with Crippen molar-refractivity contribution in [2.45, 2.75) is 13.0 Å². The molecule has 0 amide bonds. The van der Waals surface area contributed by atoms with Crippen LogP contribution in [-0.4, -0.2) is 0 Å². The fourth-order valence-electron chi connectivity index (χ4n) is 2.47. The standard InChI is InChI=1S/C16H14F2N2S/c1-9-6-11(17)2-4-13(9)16(20-19)15-8-10-7-12(18)3-5-14(10)21-15/h2-8,16,20H,19H2,1H3. The van der Waals surface area contributed by atoms with Gasteiger partial charge in [0.1, 0.15) is 11.6 Å². The molecule has 1 unspecified atom stereocenters. The number of thiophene rings is 1. The Morgan fingerprint density at radius 1 is 1.05 bits per heavy atom. The van der Waals surface area contributed by atoms with Crippen LogP contribution in [0.25, 0.3) is 10.1 Å². The Balaban J connectivity index is 2.09. The van der Waals surface area contributed by atoms with Crippen LogP contribution in [0.15, 0.2) is 42.5 Å². The molecule has 3 N–H and O–H groups in total. The molecule has 1 atom stereocenters. The lowest BCUT2D eigenvalue weighted by Gasteiger charge is -2.17. The van der Waals surface area contributed by atoms with Crippen LogP contribution in [0.1, 0.15) is 22.0 Å². The van der Waals surface area contributed by atoms with Gasteiger partial charge in [-0.3, -0.25) is 5.84 Å². The van der Waals surface area contributed by atoms with Crippen LogP contribution in [0.5, 0.6) is 0 Å². The van der Waals surface area contributed by atoms with Gasteiger partial charge < -0.3 is 0 Å². The van der Waals surface area contributed by atoms with Crippen LogP contribution in [0, 0.1) is 18.6 Å². The zero-order chi connectivity index (χ0) is 15.0. The van der Waals surface area contributed by atoms with E-state index < -0.39 is 0 Å². The van der Waals surface area contributed by atoms with E-state index in [1.165, 1.54) is 24.3 Å². The number of nitrogens with two attached hydrogens (primary N) is 1. The van der Waals surface area contributed by atoms with Crippen molar-refractivity contribution < 1.29 is 8.78 Å². The van der Waals surface area contributed by atoms with Gasteiger partial charge in [-0.25, -0.2) is 14.2 Å². The van der Waals surface area contributed by atoms with Crippen LogP contribution in [0.2, 0.25) is 0 Å². The lowest BCUT2D eigenvalue weighted by Crippen LogP contribution is -2.28. The fourth-order valence-corrected chi connectivity index (χ4v) is 3.59. The number of nitrogens with one attached hydrogen (secondary N) is 1. The summed E-state index contributed by atoms with van der Waals surface area (Å²) in [5.41, 5.74) is 4.49. The highest BCUT2D eigenvalue weighted by atomic mass is 32.1. The van der Waals surface area contributed by atoms with E-state index in [4.69, 9.17) is 5.84 Å². The van der Waals surface area contributed by atoms with Gasteiger partial charge in [-0.1, -0.05) is 6.07 Å². The predicted molar refractivity (Wildman–Crippen MR) is 82.1 cm³/mol. The molecule has 0 fully saturated rings. The van der Waals surface area contributed by atoms with E-state index in [-0.39, 0.29) is 17.7 Å². The minimum absolute atomic E-state index is 0.244. The summed E-state index contributed by atoms with van der Waals surface area (Å²) in [6.45, 7) is 1.84. The van der Waals surface area contributed by atoms with Gasteiger partial charge in [-0.2, -0.15) is 0 Å². The summed E-state index contributed by atoms with van der Waals surface area (Å²) in [5.74, 6) is 5.15. The van der Waals surface area contributed by atoms with Gasteiger partial charge in [0.15, 0.2) is 0 Å². The highest BCUT2D eigenvalue weighted by Crippen LogP contribution is 2.34. The minimum atomic E-state index is -0.273. The molecule has 0 aliphatic carbocycles. The molecule has 21 heavy (non-hydrogen) atoms. The molecule has 0 saturated heterocycles. The lowest BCUT2D eigenvalue weighted by atomic mass is 10.00. The molecule has 3 aromatic rings. The van der Waals surface area contributed by atoms with Crippen molar-refractivity contribution >= 4 is 21.4 Å². The van der Waals surface area contributed by atoms with Crippen molar-refractivity contribution in [3.05, 3.63) is 70.1 Å². The molecule has 3 rings (SSSR count). The van der Waals surface area contributed by atoms with Gasteiger partial charge >= 0.3 is 0 Å². The topological polar surface area (TPSA) is 38.0 Å². The zero-order valence-corrected chi connectivity index (χ0v) is 12.2. The second-order valence-corrected chi connectivity index (χ2v) is 6.05. The molecule has 0 bridgehead atoms. The number of aryl methyl sites for hydroxylation is 1. The first kappa shape index (κ1) is 14.1. The molecule has 0 aliphatic heterocycles. The fraction of sp³-hybridized carbons (Fsp3) is 0.125. The molecule has 1 aromatic heterocycles. The van der Waals surface area contributed by atoms with Gasteiger partial charge in [-0.05, 0) is 59.8 Å². The SMILES string of the molecule is Cc1cc(F)ccc1C(NN)c1cc2cc(F)ccc2s1. The largest absolute Gasteiger partial charge is 0.271 e. The molecule has 0 spiro atoms. The summed E-state index contributed by atoms with van der Waals surface area (Å²) in [6.07, 6.45) is 0. The monoisotopic (exact) mass is 304 g/mol. The summed E-state index contributed by atoms with van der Waals surface area (Å²) in [4.78, 5) is 0.966. The smallest absolute Gasteiger partial charge is 0.123 e. The quantitative estimate of drug-likeness (QED) is 0.566. The number of hydrazine groups is 1. The van der Waals surface area contributed by atoms with Gasteiger partial charge in [0, 0.05) is 9.58 Å². The van der Waals surface area contributed by atoms with E-state index in [1.54, 1.807) is 23.5 Å². The van der Waals surface area contributed by atoms with E-state index in [0.717, 1.165) is 26.1 Å². The second kappa shape index (κ2) is 5.52. The van der Waals surface area contributed by atoms with E-state index >= 15 is 0 Å². The van der Waals surface area contributed by atoms with E-state index in [9.17, 15) is 8.78 Å². The van der Waals surface area contributed by atoms with Crippen LogP contribution in [0.3, 0.4) is 0 Å². The number of rotatable bonds is 3. The highest BCUT2D eigenvalue weighted by Gasteiger charge is 2.17. The number of hydrogen-bond acceptors (Lipinski definition) is 3. The van der Waals surface area contributed by atoms with Crippen molar-refractivity contribution in [1.29, 1.82) is 0 Å². The normalized spacial score (nSPS) is 12.8. The second-order valence-electron chi connectivity index (χ2n) is 4.93. The average Bonchev–Trinajstić information content (AvgIpc) is 2.84. The molecule has 0 saturated carbocycles. The van der Waals surface area contributed by atoms with Crippen LogP contribution in [-0.2, 0) is 0 Å². The Morgan fingerprint density at radius 2 is 1.76 bits per heavy atom. The molecule has 1 heterocycles.